The van der Waals surface area contributed by atoms with Crippen LogP contribution in [0.25, 0.3) is 21.3 Å². The Labute approximate surface area is 178 Å². The molecule has 0 aliphatic heterocycles. The first-order chi connectivity index (χ1) is 14.4. The second kappa shape index (κ2) is 8.24. The molecule has 0 spiro atoms. The third-order valence-corrected chi connectivity index (χ3v) is 5.79. The first-order valence-electron chi connectivity index (χ1n) is 9.78. The van der Waals surface area contributed by atoms with Crippen molar-refractivity contribution in [3.05, 3.63) is 87.3 Å². The van der Waals surface area contributed by atoms with Gasteiger partial charge in [-0.15, -0.1) is 11.3 Å². The third kappa shape index (κ3) is 3.91. The summed E-state index contributed by atoms with van der Waals surface area (Å²) in [6, 6.07) is 17.1. The minimum Gasteiger partial charge on any atom is -0.459 e. The largest absolute Gasteiger partial charge is 0.459 e. The number of aryl methyl sites for hydroxylation is 1. The molecule has 0 saturated carbocycles. The SMILES string of the molecule is Cc1sc2ncn(Cc3cccc(C(=O)OC(C)C)c3)c(=O)c2c1-c1ccccc1. The highest BCUT2D eigenvalue weighted by atomic mass is 32.1. The Hall–Kier alpha value is -3.25. The zero-order valence-corrected chi connectivity index (χ0v) is 17.9. The summed E-state index contributed by atoms with van der Waals surface area (Å²) in [7, 11) is 0. The highest BCUT2D eigenvalue weighted by molar-refractivity contribution is 7.19. The standard InChI is InChI=1S/C24H22N2O3S/c1-15(2)29-24(28)19-11-7-8-17(12-19)13-26-14-25-22-21(23(26)27)20(16(3)30-22)18-9-5-4-6-10-18/h4-12,14-15H,13H2,1-3H3. The van der Waals surface area contributed by atoms with Gasteiger partial charge in [-0.3, -0.25) is 9.36 Å². The number of esters is 1. The Morgan fingerprint density at radius 2 is 1.90 bits per heavy atom. The summed E-state index contributed by atoms with van der Waals surface area (Å²) in [5, 5.41) is 0.640. The van der Waals surface area contributed by atoms with Gasteiger partial charge in [-0.2, -0.15) is 0 Å². The number of rotatable bonds is 5. The highest BCUT2D eigenvalue weighted by Gasteiger charge is 2.17. The van der Waals surface area contributed by atoms with Gasteiger partial charge in [-0.05, 0) is 44.0 Å². The molecule has 0 saturated heterocycles. The number of carbonyl (C=O) groups excluding carboxylic acids is 1. The molecule has 5 nitrogen and oxygen atoms in total. The lowest BCUT2D eigenvalue weighted by Crippen LogP contribution is -2.21. The molecule has 4 aromatic rings. The topological polar surface area (TPSA) is 61.2 Å². The number of nitrogens with zero attached hydrogens (tertiary/aromatic N) is 2. The van der Waals surface area contributed by atoms with Crippen LogP contribution >= 0.6 is 11.3 Å². The first kappa shape index (κ1) is 20.0. The number of thiophene rings is 1. The quantitative estimate of drug-likeness (QED) is 0.426. The van der Waals surface area contributed by atoms with Crippen molar-refractivity contribution in [3.63, 3.8) is 0 Å². The molecule has 6 heteroatoms. The maximum atomic E-state index is 13.3. The molecule has 0 atom stereocenters. The van der Waals surface area contributed by atoms with Crippen LogP contribution in [0, 0.1) is 6.92 Å². The molecule has 0 fully saturated rings. The molecule has 0 amide bonds. The van der Waals surface area contributed by atoms with Crippen molar-refractivity contribution in [3.8, 4) is 11.1 Å². The number of hydrogen-bond donors (Lipinski definition) is 0. The molecule has 152 valence electrons. The van der Waals surface area contributed by atoms with Crippen LogP contribution in [0.1, 0.15) is 34.6 Å². The van der Waals surface area contributed by atoms with E-state index in [2.05, 4.69) is 4.98 Å². The second-order valence-electron chi connectivity index (χ2n) is 7.41. The number of benzene rings is 2. The van der Waals surface area contributed by atoms with E-state index in [1.54, 1.807) is 29.1 Å². The predicted octanol–water partition coefficient (Wildman–Crippen LogP) is 5.05. The monoisotopic (exact) mass is 418 g/mol. The molecule has 0 unspecified atom stereocenters. The molecule has 2 aromatic heterocycles. The summed E-state index contributed by atoms with van der Waals surface area (Å²) < 4.78 is 6.86. The molecule has 2 aromatic carbocycles. The molecule has 0 aliphatic rings. The van der Waals surface area contributed by atoms with E-state index in [0.29, 0.717) is 17.5 Å². The fourth-order valence-electron chi connectivity index (χ4n) is 3.48. The molecule has 2 heterocycles. The van der Waals surface area contributed by atoms with E-state index in [-0.39, 0.29) is 17.6 Å². The van der Waals surface area contributed by atoms with E-state index in [0.717, 1.165) is 26.4 Å². The molecular formula is C24H22N2O3S. The molecular weight excluding hydrogens is 396 g/mol. The fourth-order valence-corrected chi connectivity index (χ4v) is 4.48. The number of fused-ring (bicyclic) bond motifs is 1. The van der Waals surface area contributed by atoms with E-state index in [1.165, 1.54) is 11.3 Å². The Kier molecular flexibility index (Phi) is 5.50. The fraction of sp³-hybridized carbons (Fsp3) is 0.208. The molecule has 30 heavy (non-hydrogen) atoms. The van der Waals surface area contributed by atoms with Gasteiger partial charge in [-0.1, -0.05) is 42.5 Å². The van der Waals surface area contributed by atoms with Crippen LogP contribution in [-0.2, 0) is 11.3 Å². The minimum absolute atomic E-state index is 0.0848. The van der Waals surface area contributed by atoms with Crippen LogP contribution in [0.2, 0.25) is 0 Å². The molecule has 0 N–H and O–H groups in total. The van der Waals surface area contributed by atoms with E-state index in [1.807, 2.05) is 57.2 Å². The summed E-state index contributed by atoms with van der Waals surface area (Å²) >= 11 is 1.53. The van der Waals surface area contributed by atoms with Crippen molar-refractivity contribution in [2.45, 2.75) is 33.4 Å². The van der Waals surface area contributed by atoms with Crippen LogP contribution in [0.4, 0.5) is 0 Å². The van der Waals surface area contributed by atoms with Crippen LogP contribution in [0.5, 0.6) is 0 Å². The number of carbonyl (C=O) groups is 1. The summed E-state index contributed by atoms with van der Waals surface area (Å²) in [4.78, 5) is 31.9. The van der Waals surface area contributed by atoms with Crippen LogP contribution in [-0.4, -0.2) is 21.6 Å². The number of aromatic nitrogens is 2. The third-order valence-electron chi connectivity index (χ3n) is 4.78. The van der Waals surface area contributed by atoms with Crippen molar-refractivity contribution < 1.29 is 9.53 Å². The lowest BCUT2D eigenvalue weighted by atomic mass is 10.0. The van der Waals surface area contributed by atoms with E-state index < -0.39 is 0 Å². The van der Waals surface area contributed by atoms with Gasteiger partial charge in [0.1, 0.15) is 4.83 Å². The lowest BCUT2D eigenvalue weighted by molar-refractivity contribution is 0.0378. The van der Waals surface area contributed by atoms with Crippen LogP contribution in [0.3, 0.4) is 0 Å². The maximum Gasteiger partial charge on any atom is 0.338 e. The van der Waals surface area contributed by atoms with Gasteiger partial charge in [0.15, 0.2) is 0 Å². The summed E-state index contributed by atoms with van der Waals surface area (Å²) in [6.45, 7) is 5.97. The predicted molar refractivity (Wildman–Crippen MR) is 120 cm³/mol. The number of hydrogen-bond acceptors (Lipinski definition) is 5. The van der Waals surface area contributed by atoms with E-state index in [9.17, 15) is 9.59 Å². The lowest BCUT2D eigenvalue weighted by Gasteiger charge is -2.10. The van der Waals surface area contributed by atoms with Gasteiger partial charge in [0, 0.05) is 10.4 Å². The van der Waals surface area contributed by atoms with Crippen molar-refractivity contribution >= 4 is 27.5 Å². The summed E-state index contributed by atoms with van der Waals surface area (Å²) in [5.74, 6) is -0.368. The van der Waals surface area contributed by atoms with Crippen molar-refractivity contribution in [2.75, 3.05) is 0 Å². The zero-order valence-electron chi connectivity index (χ0n) is 17.1. The Morgan fingerprint density at radius 1 is 1.13 bits per heavy atom. The molecule has 0 bridgehead atoms. The summed E-state index contributed by atoms with van der Waals surface area (Å²) in [5.41, 5.74) is 3.18. The van der Waals surface area contributed by atoms with Gasteiger partial charge >= 0.3 is 5.97 Å². The van der Waals surface area contributed by atoms with E-state index in [4.69, 9.17) is 4.74 Å². The second-order valence-corrected chi connectivity index (χ2v) is 8.61. The summed E-state index contributed by atoms with van der Waals surface area (Å²) in [6.07, 6.45) is 1.39. The highest BCUT2D eigenvalue weighted by Crippen LogP contribution is 2.35. The average Bonchev–Trinajstić information content (AvgIpc) is 3.07. The van der Waals surface area contributed by atoms with Crippen LogP contribution in [0.15, 0.2) is 65.7 Å². The smallest absolute Gasteiger partial charge is 0.338 e. The van der Waals surface area contributed by atoms with Gasteiger partial charge in [0.2, 0.25) is 0 Å². The van der Waals surface area contributed by atoms with Gasteiger partial charge < -0.3 is 4.74 Å². The van der Waals surface area contributed by atoms with Crippen molar-refractivity contribution in [1.82, 2.24) is 9.55 Å². The zero-order chi connectivity index (χ0) is 21.3. The van der Waals surface area contributed by atoms with Gasteiger partial charge in [-0.25, -0.2) is 9.78 Å². The van der Waals surface area contributed by atoms with E-state index >= 15 is 0 Å². The maximum absolute atomic E-state index is 13.3. The minimum atomic E-state index is -0.368. The Bertz CT molecular complexity index is 1270. The average molecular weight is 419 g/mol. The van der Waals surface area contributed by atoms with Gasteiger partial charge in [0.05, 0.1) is 29.9 Å². The van der Waals surface area contributed by atoms with Crippen LogP contribution < -0.4 is 5.56 Å². The van der Waals surface area contributed by atoms with Crippen molar-refractivity contribution in [1.29, 1.82) is 0 Å². The first-order valence-corrected chi connectivity index (χ1v) is 10.6. The van der Waals surface area contributed by atoms with Crippen molar-refractivity contribution in [2.24, 2.45) is 0 Å². The Balaban J connectivity index is 1.74. The molecule has 4 rings (SSSR count). The number of ether oxygens (including phenoxy) is 1. The Morgan fingerprint density at radius 3 is 2.63 bits per heavy atom. The molecule has 0 aliphatic carbocycles. The normalized spacial score (nSPS) is 11.2. The molecule has 0 radical (unpaired) electrons. The van der Waals surface area contributed by atoms with Gasteiger partial charge in [0.25, 0.3) is 5.56 Å².